The minimum atomic E-state index is 0.318. The number of ether oxygens (including phenoxy) is 2. The van der Waals surface area contributed by atoms with Crippen molar-refractivity contribution < 1.29 is 9.47 Å². The third-order valence-corrected chi connectivity index (χ3v) is 3.58. The van der Waals surface area contributed by atoms with Gasteiger partial charge in [-0.25, -0.2) is 0 Å². The van der Waals surface area contributed by atoms with E-state index in [0.29, 0.717) is 19.1 Å². The van der Waals surface area contributed by atoms with Crippen molar-refractivity contribution in [3.63, 3.8) is 0 Å². The molecule has 1 atom stereocenters. The van der Waals surface area contributed by atoms with E-state index in [1.54, 1.807) is 0 Å². The first-order valence-corrected chi connectivity index (χ1v) is 7.49. The van der Waals surface area contributed by atoms with Crippen LogP contribution in [-0.4, -0.2) is 13.2 Å². The Kier molecular flexibility index (Phi) is 6.80. The van der Waals surface area contributed by atoms with Crippen molar-refractivity contribution in [1.29, 1.82) is 0 Å². The Hall–Kier alpha value is -1.14. The van der Waals surface area contributed by atoms with E-state index in [0.717, 1.165) is 34.4 Å². The maximum atomic E-state index is 5.74. The summed E-state index contributed by atoms with van der Waals surface area (Å²) in [6.07, 6.45) is 7.16. The SMILES string of the molecule is C#CCC(CC)c1cc(Br)c(OCC)cc1OCC. The lowest BCUT2D eigenvalue weighted by Crippen LogP contribution is -2.04. The van der Waals surface area contributed by atoms with Crippen LogP contribution in [0, 0.1) is 12.3 Å². The number of benzene rings is 1. The molecular weight excluding hydrogens is 304 g/mol. The van der Waals surface area contributed by atoms with Crippen LogP contribution in [0.25, 0.3) is 0 Å². The molecule has 1 unspecified atom stereocenters. The summed E-state index contributed by atoms with van der Waals surface area (Å²) in [5.74, 6) is 4.74. The van der Waals surface area contributed by atoms with Crippen LogP contribution in [0.3, 0.4) is 0 Å². The van der Waals surface area contributed by atoms with Crippen LogP contribution >= 0.6 is 15.9 Å². The predicted octanol–water partition coefficient (Wildman–Crippen LogP) is 4.76. The van der Waals surface area contributed by atoms with Crippen molar-refractivity contribution in [3.05, 3.63) is 22.2 Å². The largest absolute Gasteiger partial charge is 0.493 e. The second kappa shape index (κ2) is 8.12. The Morgan fingerprint density at radius 2 is 1.79 bits per heavy atom. The zero-order chi connectivity index (χ0) is 14.3. The smallest absolute Gasteiger partial charge is 0.137 e. The van der Waals surface area contributed by atoms with E-state index >= 15 is 0 Å². The zero-order valence-corrected chi connectivity index (χ0v) is 13.4. The summed E-state index contributed by atoms with van der Waals surface area (Å²) >= 11 is 3.55. The van der Waals surface area contributed by atoms with Crippen molar-refractivity contribution in [2.24, 2.45) is 0 Å². The van der Waals surface area contributed by atoms with Crippen LogP contribution < -0.4 is 9.47 Å². The molecule has 0 aliphatic heterocycles. The summed E-state index contributed by atoms with van der Waals surface area (Å²) in [5.41, 5.74) is 1.15. The van der Waals surface area contributed by atoms with Crippen molar-refractivity contribution in [2.45, 2.75) is 39.5 Å². The highest BCUT2D eigenvalue weighted by atomic mass is 79.9. The lowest BCUT2D eigenvalue weighted by Gasteiger charge is -2.19. The van der Waals surface area contributed by atoms with E-state index in [1.165, 1.54) is 0 Å². The van der Waals surface area contributed by atoms with Gasteiger partial charge in [0.1, 0.15) is 11.5 Å². The van der Waals surface area contributed by atoms with Gasteiger partial charge in [-0.15, -0.1) is 12.3 Å². The molecule has 1 aromatic rings. The normalized spacial score (nSPS) is 11.7. The van der Waals surface area contributed by atoms with Crippen molar-refractivity contribution in [3.8, 4) is 23.8 Å². The lowest BCUT2D eigenvalue weighted by atomic mass is 9.92. The topological polar surface area (TPSA) is 18.5 Å². The molecule has 0 amide bonds. The van der Waals surface area contributed by atoms with Crippen LogP contribution in [0.15, 0.2) is 16.6 Å². The molecule has 19 heavy (non-hydrogen) atoms. The molecule has 0 spiro atoms. The van der Waals surface area contributed by atoms with Crippen LogP contribution in [0.5, 0.6) is 11.5 Å². The van der Waals surface area contributed by atoms with E-state index in [-0.39, 0.29) is 0 Å². The molecular formula is C16H21BrO2. The van der Waals surface area contributed by atoms with Crippen molar-refractivity contribution >= 4 is 15.9 Å². The molecule has 0 aliphatic carbocycles. The van der Waals surface area contributed by atoms with Gasteiger partial charge in [0.2, 0.25) is 0 Å². The molecule has 3 heteroatoms. The maximum Gasteiger partial charge on any atom is 0.137 e. The standard InChI is InChI=1S/C16H21BrO2/c1-5-9-12(6-2)13-10-14(17)16(19-8-4)11-15(13)18-7-3/h1,10-12H,6-9H2,2-4H3. The van der Waals surface area contributed by atoms with Gasteiger partial charge in [0.15, 0.2) is 0 Å². The van der Waals surface area contributed by atoms with Crippen LogP contribution in [0.2, 0.25) is 0 Å². The predicted molar refractivity (Wildman–Crippen MR) is 83.0 cm³/mol. The average molecular weight is 325 g/mol. The molecule has 104 valence electrons. The molecule has 0 heterocycles. The highest BCUT2D eigenvalue weighted by molar-refractivity contribution is 9.10. The molecule has 0 aliphatic rings. The lowest BCUT2D eigenvalue weighted by molar-refractivity contribution is 0.317. The second-order valence-electron chi connectivity index (χ2n) is 4.20. The third-order valence-electron chi connectivity index (χ3n) is 2.96. The fourth-order valence-corrected chi connectivity index (χ4v) is 2.51. The fourth-order valence-electron chi connectivity index (χ4n) is 2.03. The van der Waals surface area contributed by atoms with Crippen LogP contribution in [0.4, 0.5) is 0 Å². The molecule has 0 bridgehead atoms. The van der Waals surface area contributed by atoms with Crippen LogP contribution in [-0.2, 0) is 0 Å². The molecule has 0 saturated carbocycles. The number of hydrogen-bond acceptors (Lipinski definition) is 2. The Balaban J connectivity index is 3.21. The molecule has 1 aromatic carbocycles. The second-order valence-corrected chi connectivity index (χ2v) is 5.05. The van der Waals surface area contributed by atoms with E-state index in [1.807, 2.05) is 19.9 Å². The van der Waals surface area contributed by atoms with Gasteiger partial charge in [0, 0.05) is 12.5 Å². The first-order valence-electron chi connectivity index (χ1n) is 6.70. The van der Waals surface area contributed by atoms with Crippen LogP contribution in [0.1, 0.15) is 45.1 Å². The quantitative estimate of drug-likeness (QED) is 0.673. The monoisotopic (exact) mass is 324 g/mol. The minimum Gasteiger partial charge on any atom is -0.493 e. The summed E-state index contributed by atoms with van der Waals surface area (Å²) in [7, 11) is 0. The van der Waals surface area contributed by atoms with Gasteiger partial charge in [-0.2, -0.15) is 0 Å². The fraction of sp³-hybridized carbons (Fsp3) is 0.500. The number of rotatable bonds is 7. The molecule has 0 fully saturated rings. The molecule has 0 N–H and O–H groups in total. The van der Waals surface area contributed by atoms with Crippen molar-refractivity contribution in [1.82, 2.24) is 0 Å². The maximum absolute atomic E-state index is 5.74. The van der Waals surface area contributed by atoms with E-state index < -0.39 is 0 Å². The summed E-state index contributed by atoms with van der Waals surface area (Å²) in [5, 5.41) is 0. The Morgan fingerprint density at radius 3 is 2.32 bits per heavy atom. The van der Waals surface area contributed by atoms with Gasteiger partial charge >= 0.3 is 0 Å². The summed E-state index contributed by atoms with van der Waals surface area (Å²) in [6.45, 7) is 7.35. The number of hydrogen-bond donors (Lipinski definition) is 0. The first-order chi connectivity index (χ1) is 9.17. The Labute approximate surface area is 124 Å². The summed E-state index contributed by atoms with van der Waals surface area (Å²) in [4.78, 5) is 0. The van der Waals surface area contributed by atoms with E-state index in [2.05, 4.69) is 34.8 Å². The van der Waals surface area contributed by atoms with Gasteiger partial charge in [0.05, 0.1) is 17.7 Å². The molecule has 0 radical (unpaired) electrons. The molecule has 0 aromatic heterocycles. The number of halogens is 1. The van der Waals surface area contributed by atoms with E-state index in [9.17, 15) is 0 Å². The molecule has 0 saturated heterocycles. The van der Waals surface area contributed by atoms with Gasteiger partial charge in [0.25, 0.3) is 0 Å². The zero-order valence-electron chi connectivity index (χ0n) is 11.8. The molecule has 1 rings (SSSR count). The van der Waals surface area contributed by atoms with Gasteiger partial charge in [-0.1, -0.05) is 6.92 Å². The first kappa shape index (κ1) is 15.9. The highest BCUT2D eigenvalue weighted by Crippen LogP contribution is 2.39. The number of terminal acetylenes is 1. The van der Waals surface area contributed by atoms with E-state index in [4.69, 9.17) is 15.9 Å². The molecule has 2 nitrogen and oxygen atoms in total. The Bertz CT molecular complexity index is 449. The summed E-state index contributed by atoms with van der Waals surface area (Å²) < 4.78 is 12.3. The van der Waals surface area contributed by atoms with Gasteiger partial charge in [-0.05, 0) is 53.7 Å². The minimum absolute atomic E-state index is 0.318. The van der Waals surface area contributed by atoms with Crippen molar-refractivity contribution in [2.75, 3.05) is 13.2 Å². The third kappa shape index (κ3) is 4.18. The average Bonchev–Trinajstić information content (AvgIpc) is 2.40. The van der Waals surface area contributed by atoms with Gasteiger partial charge < -0.3 is 9.47 Å². The summed E-state index contributed by atoms with van der Waals surface area (Å²) in [6, 6.07) is 4.02. The highest BCUT2D eigenvalue weighted by Gasteiger charge is 2.17. The Morgan fingerprint density at radius 1 is 1.16 bits per heavy atom. The van der Waals surface area contributed by atoms with Gasteiger partial charge in [-0.3, -0.25) is 0 Å².